The molecule has 0 aromatic carbocycles. The third kappa shape index (κ3) is 2.07. The quantitative estimate of drug-likeness (QED) is 0.717. The predicted octanol–water partition coefficient (Wildman–Crippen LogP) is 1.43. The molecule has 1 N–H and O–H groups in total. The van der Waals surface area contributed by atoms with Gasteiger partial charge in [0.25, 0.3) is 0 Å². The van der Waals surface area contributed by atoms with E-state index in [4.69, 9.17) is 0 Å². The average Bonchev–Trinajstić information content (AvgIpc) is 2.48. The minimum atomic E-state index is -0.989. The van der Waals surface area contributed by atoms with Crippen LogP contribution in [0.5, 0.6) is 0 Å². The second kappa shape index (κ2) is 4.35. The van der Waals surface area contributed by atoms with E-state index in [0.717, 1.165) is 13.0 Å². The van der Waals surface area contributed by atoms with Crippen LogP contribution in [0, 0.1) is 11.8 Å². The lowest BCUT2D eigenvalue weighted by Crippen LogP contribution is -2.44. The molecule has 1 aliphatic heterocycles. The Kier molecular flexibility index (Phi) is 3.55. The number of allylic oxidation sites excluding steroid dienone is 1. The number of likely N-dealkylation sites (tertiary alicyclic amines) is 1. The Morgan fingerprint density at radius 1 is 1.60 bits per heavy atom. The highest BCUT2D eigenvalue weighted by atomic mass is 16.3. The highest BCUT2D eigenvalue weighted by Gasteiger charge is 2.45. The number of carbonyl (C=O) groups is 1. The smallest absolute Gasteiger partial charge is 0.228 e. The van der Waals surface area contributed by atoms with Crippen molar-refractivity contribution >= 4 is 5.91 Å². The van der Waals surface area contributed by atoms with E-state index >= 15 is 0 Å². The molecule has 3 heteroatoms. The predicted molar refractivity (Wildman–Crippen MR) is 60.3 cm³/mol. The van der Waals surface area contributed by atoms with Crippen LogP contribution in [0.4, 0.5) is 0 Å². The Hall–Kier alpha value is -0.830. The number of nitrogens with zero attached hydrogens (tertiary/aromatic N) is 1. The summed E-state index contributed by atoms with van der Waals surface area (Å²) in [4.78, 5) is 13.6. The highest BCUT2D eigenvalue weighted by molar-refractivity contribution is 5.82. The average molecular weight is 211 g/mol. The molecule has 1 amide bonds. The Morgan fingerprint density at radius 3 is 2.53 bits per heavy atom. The number of rotatable bonds is 3. The Labute approximate surface area is 91.8 Å². The van der Waals surface area contributed by atoms with Crippen molar-refractivity contribution in [3.8, 4) is 0 Å². The molecule has 1 saturated heterocycles. The largest absolute Gasteiger partial charge is 0.385 e. The van der Waals surface area contributed by atoms with E-state index in [1.807, 2.05) is 26.8 Å². The molecule has 0 spiro atoms. The number of amides is 1. The number of carbonyl (C=O) groups excluding carboxylic acids is 1. The third-order valence-electron chi connectivity index (χ3n) is 3.34. The number of aliphatic hydroxyl groups is 1. The Balaban J connectivity index is 2.96. The van der Waals surface area contributed by atoms with Gasteiger partial charge in [0.1, 0.15) is 0 Å². The van der Waals surface area contributed by atoms with Crippen molar-refractivity contribution < 1.29 is 9.90 Å². The molecule has 0 aliphatic carbocycles. The van der Waals surface area contributed by atoms with Gasteiger partial charge in [-0.1, -0.05) is 26.0 Å². The molecule has 0 aromatic heterocycles. The molecule has 1 heterocycles. The summed E-state index contributed by atoms with van der Waals surface area (Å²) in [5.41, 5.74) is -0.989. The van der Waals surface area contributed by atoms with Gasteiger partial charge in [0.05, 0.1) is 11.5 Å². The molecule has 1 aliphatic rings. The van der Waals surface area contributed by atoms with E-state index in [-0.39, 0.29) is 17.7 Å². The molecule has 0 radical (unpaired) electrons. The summed E-state index contributed by atoms with van der Waals surface area (Å²) in [6.07, 6.45) is 4.33. The van der Waals surface area contributed by atoms with Crippen LogP contribution in [0.1, 0.15) is 27.2 Å². The van der Waals surface area contributed by atoms with E-state index in [1.54, 1.807) is 18.0 Å². The van der Waals surface area contributed by atoms with Crippen LogP contribution in [0.15, 0.2) is 12.2 Å². The molecule has 1 rings (SSSR count). The second-order valence-electron chi connectivity index (χ2n) is 4.64. The third-order valence-corrected chi connectivity index (χ3v) is 3.34. The SMILES string of the molecule is C/C=C/C(O)(C(C)C)C1CCN(C)C1=O. The summed E-state index contributed by atoms with van der Waals surface area (Å²) in [5, 5.41) is 10.5. The van der Waals surface area contributed by atoms with Crippen molar-refractivity contribution in [3.63, 3.8) is 0 Å². The molecule has 2 atom stereocenters. The maximum absolute atomic E-state index is 11.9. The van der Waals surface area contributed by atoms with Crippen molar-refractivity contribution in [2.75, 3.05) is 13.6 Å². The minimum absolute atomic E-state index is 0.0501. The first-order valence-corrected chi connectivity index (χ1v) is 5.54. The van der Waals surface area contributed by atoms with Gasteiger partial charge < -0.3 is 10.0 Å². The van der Waals surface area contributed by atoms with Crippen LogP contribution in [-0.4, -0.2) is 35.1 Å². The first kappa shape index (κ1) is 12.2. The van der Waals surface area contributed by atoms with Gasteiger partial charge in [-0.25, -0.2) is 0 Å². The number of hydrogen-bond donors (Lipinski definition) is 1. The molecule has 0 aromatic rings. The second-order valence-corrected chi connectivity index (χ2v) is 4.64. The van der Waals surface area contributed by atoms with Gasteiger partial charge in [-0.15, -0.1) is 0 Å². The molecule has 0 bridgehead atoms. The van der Waals surface area contributed by atoms with E-state index in [9.17, 15) is 9.90 Å². The van der Waals surface area contributed by atoms with E-state index in [0.29, 0.717) is 0 Å². The lowest BCUT2D eigenvalue weighted by atomic mass is 9.77. The lowest BCUT2D eigenvalue weighted by molar-refractivity contribution is -0.137. The Morgan fingerprint density at radius 2 is 2.20 bits per heavy atom. The van der Waals surface area contributed by atoms with Crippen LogP contribution < -0.4 is 0 Å². The van der Waals surface area contributed by atoms with Crippen molar-refractivity contribution in [3.05, 3.63) is 12.2 Å². The van der Waals surface area contributed by atoms with E-state index in [2.05, 4.69) is 0 Å². The summed E-state index contributed by atoms with van der Waals surface area (Å²) < 4.78 is 0. The lowest BCUT2D eigenvalue weighted by Gasteiger charge is -2.33. The fraction of sp³-hybridized carbons (Fsp3) is 0.750. The van der Waals surface area contributed by atoms with Gasteiger partial charge >= 0.3 is 0 Å². The van der Waals surface area contributed by atoms with E-state index < -0.39 is 5.60 Å². The van der Waals surface area contributed by atoms with Crippen LogP contribution in [0.3, 0.4) is 0 Å². The van der Waals surface area contributed by atoms with Crippen molar-refractivity contribution in [1.29, 1.82) is 0 Å². The molecular formula is C12H21NO2. The van der Waals surface area contributed by atoms with Gasteiger partial charge in [0.2, 0.25) is 5.91 Å². The maximum atomic E-state index is 11.9. The molecular weight excluding hydrogens is 190 g/mol. The van der Waals surface area contributed by atoms with E-state index in [1.165, 1.54) is 0 Å². The van der Waals surface area contributed by atoms with Crippen molar-refractivity contribution in [2.24, 2.45) is 11.8 Å². The zero-order valence-corrected chi connectivity index (χ0v) is 10.0. The molecule has 15 heavy (non-hydrogen) atoms. The molecule has 2 unspecified atom stereocenters. The fourth-order valence-electron chi connectivity index (χ4n) is 2.23. The first-order valence-electron chi connectivity index (χ1n) is 5.54. The standard InChI is InChI=1S/C12H21NO2/c1-5-7-12(15,9(2)3)10-6-8-13(4)11(10)14/h5,7,9-10,15H,6,8H2,1-4H3/b7-5+. The Bertz CT molecular complexity index is 273. The van der Waals surface area contributed by atoms with Gasteiger partial charge in [-0.2, -0.15) is 0 Å². The van der Waals surface area contributed by atoms with Gasteiger partial charge in [-0.3, -0.25) is 4.79 Å². The summed E-state index contributed by atoms with van der Waals surface area (Å²) >= 11 is 0. The molecule has 3 nitrogen and oxygen atoms in total. The summed E-state index contributed by atoms with van der Waals surface area (Å²) in [7, 11) is 1.79. The molecule has 1 fully saturated rings. The summed E-state index contributed by atoms with van der Waals surface area (Å²) in [5.74, 6) is -0.169. The van der Waals surface area contributed by atoms with Gasteiger partial charge in [0.15, 0.2) is 0 Å². The zero-order chi connectivity index (χ0) is 11.6. The fourth-order valence-corrected chi connectivity index (χ4v) is 2.23. The topological polar surface area (TPSA) is 40.5 Å². The van der Waals surface area contributed by atoms with Gasteiger partial charge in [-0.05, 0) is 19.3 Å². The molecule has 0 saturated carbocycles. The monoisotopic (exact) mass is 211 g/mol. The highest BCUT2D eigenvalue weighted by Crippen LogP contribution is 2.34. The van der Waals surface area contributed by atoms with Crippen LogP contribution >= 0.6 is 0 Å². The summed E-state index contributed by atoms with van der Waals surface area (Å²) in [6.45, 7) is 6.52. The maximum Gasteiger partial charge on any atom is 0.228 e. The normalized spacial score (nSPS) is 26.7. The first-order chi connectivity index (χ1) is 6.93. The van der Waals surface area contributed by atoms with Crippen LogP contribution in [0.2, 0.25) is 0 Å². The van der Waals surface area contributed by atoms with Crippen molar-refractivity contribution in [1.82, 2.24) is 4.90 Å². The number of hydrogen-bond acceptors (Lipinski definition) is 2. The summed E-state index contributed by atoms with van der Waals surface area (Å²) in [6, 6.07) is 0. The van der Waals surface area contributed by atoms with Gasteiger partial charge in [0, 0.05) is 13.6 Å². The minimum Gasteiger partial charge on any atom is -0.385 e. The van der Waals surface area contributed by atoms with Crippen LogP contribution in [-0.2, 0) is 4.79 Å². The zero-order valence-electron chi connectivity index (χ0n) is 10.0. The van der Waals surface area contributed by atoms with Crippen LogP contribution in [0.25, 0.3) is 0 Å². The van der Waals surface area contributed by atoms with Crippen molar-refractivity contribution in [2.45, 2.75) is 32.8 Å². The molecule has 86 valence electrons.